The zero-order chi connectivity index (χ0) is 15.5. The molecule has 1 saturated heterocycles. The fourth-order valence-corrected chi connectivity index (χ4v) is 2.58. The van der Waals surface area contributed by atoms with E-state index in [2.05, 4.69) is 14.5 Å². The maximum Gasteiger partial charge on any atom is 0.573 e. The Hall–Kier alpha value is -1.31. The van der Waals surface area contributed by atoms with Gasteiger partial charge in [0, 0.05) is 38.3 Å². The van der Waals surface area contributed by atoms with Gasteiger partial charge in [-0.1, -0.05) is 18.2 Å². The molecule has 1 aliphatic heterocycles. The number of rotatable bonds is 4. The van der Waals surface area contributed by atoms with Crippen LogP contribution in [0.15, 0.2) is 24.3 Å². The molecule has 1 atom stereocenters. The van der Waals surface area contributed by atoms with Gasteiger partial charge in [-0.2, -0.15) is 0 Å². The lowest BCUT2D eigenvalue weighted by Crippen LogP contribution is -2.47. The molecule has 0 aliphatic carbocycles. The number of para-hydroxylation sites is 1. The normalized spacial score (nSPS) is 19.5. The Balaban J connectivity index is 2.21. The Morgan fingerprint density at radius 3 is 2.38 bits per heavy atom. The minimum absolute atomic E-state index is 0.167. The van der Waals surface area contributed by atoms with Gasteiger partial charge in [-0.05, 0) is 13.1 Å². The lowest BCUT2D eigenvalue weighted by atomic mass is 10.0. The first-order chi connectivity index (χ1) is 9.90. The third kappa shape index (κ3) is 4.33. The minimum Gasteiger partial charge on any atom is -0.405 e. The third-order valence-corrected chi connectivity index (χ3v) is 3.71. The number of alkyl halides is 3. The van der Waals surface area contributed by atoms with Crippen molar-refractivity contribution in [1.29, 1.82) is 0 Å². The zero-order valence-corrected chi connectivity index (χ0v) is 11.9. The van der Waals surface area contributed by atoms with Crippen molar-refractivity contribution >= 4 is 0 Å². The number of hydrogen-bond acceptors (Lipinski definition) is 4. The van der Waals surface area contributed by atoms with E-state index in [0.29, 0.717) is 5.56 Å². The molecule has 1 aromatic rings. The van der Waals surface area contributed by atoms with Gasteiger partial charge in [-0.3, -0.25) is 4.90 Å². The third-order valence-electron chi connectivity index (χ3n) is 3.71. The van der Waals surface area contributed by atoms with Crippen LogP contribution in [0.25, 0.3) is 0 Å². The number of nitrogens with two attached hydrogens (primary N) is 1. The van der Waals surface area contributed by atoms with Crippen LogP contribution < -0.4 is 10.5 Å². The first-order valence-corrected chi connectivity index (χ1v) is 6.88. The molecule has 4 nitrogen and oxygen atoms in total. The quantitative estimate of drug-likeness (QED) is 0.921. The Morgan fingerprint density at radius 2 is 1.81 bits per heavy atom. The predicted octanol–water partition coefficient (Wildman–Crippen LogP) is 1.83. The van der Waals surface area contributed by atoms with Crippen LogP contribution in [-0.2, 0) is 0 Å². The number of ether oxygens (including phenoxy) is 1. The van der Waals surface area contributed by atoms with Crippen molar-refractivity contribution in [2.45, 2.75) is 12.4 Å². The van der Waals surface area contributed by atoms with Gasteiger partial charge in [0.1, 0.15) is 5.75 Å². The molecule has 1 aliphatic rings. The number of halogens is 3. The second kappa shape index (κ2) is 6.64. The maximum atomic E-state index is 12.5. The van der Waals surface area contributed by atoms with Gasteiger partial charge in [-0.15, -0.1) is 13.2 Å². The molecular formula is C14H20F3N3O. The summed E-state index contributed by atoms with van der Waals surface area (Å²) >= 11 is 0. The maximum absolute atomic E-state index is 12.5. The first-order valence-electron chi connectivity index (χ1n) is 6.88. The highest BCUT2D eigenvalue weighted by atomic mass is 19.4. The van der Waals surface area contributed by atoms with E-state index < -0.39 is 6.36 Å². The predicted molar refractivity (Wildman–Crippen MR) is 74.0 cm³/mol. The van der Waals surface area contributed by atoms with Crippen molar-refractivity contribution in [3.05, 3.63) is 29.8 Å². The fourth-order valence-electron chi connectivity index (χ4n) is 2.58. The second-order valence-electron chi connectivity index (χ2n) is 5.18. The van der Waals surface area contributed by atoms with Gasteiger partial charge in [-0.25, -0.2) is 0 Å². The van der Waals surface area contributed by atoms with Crippen LogP contribution >= 0.6 is 0 Å². The van der Waals surface area contributed by atoms with Crippen molar-refractivity contribution in [2.24, 2.45) is 5.73 Å². The summed E-state index contributed by atoms with van der Waals surface area (Å²) < 4.78 is 41.7. The van der Waals surface area contributed by atoms with E-state index in [4.69, 9.17) is 5.73 Å². The van der Waals surface area contributed by atoms with E-state index in [1.54, 1.807) is 12.1 Å². The van der Waals surface area contributed by atoms with E-state index in [1.807, 2.05) is 7.05 Å². The molecule has 0 aromatic heterocycles. The molecule has 1 aromatic carbocycles. The summed E-state index contributed by atoms with van der Waals surface area (Å²) in [5, 5.41) is 0. The highest BCUT2D eigenvalue weighted by Crippen LogP contribution is 2.32. The minimum atomic E-state index is -4.70. The van der Waals surface area contributed by atoms with Crippen molar-refractivity contribution in [1.82, 2.24) is 9.80 Å². The summed E-state index contributed by atoms with van der Waals surface area (Å²) in [7, 11) is 2.02. The number of nitrogens with zero attached hydrogens (tertiary/aromatic N) is 2. The van der Waals surface area contributed by atoms with Crippen LogP contribution in [0, 0.1) is 0 Å². The zero-order valence-electron chi connectivity index (χ0n) is 11.9. The van der Waals surface area contributed by atoms with E-state index in [1.165, 1.54) is 12.1 Å². The highest BCUT2D eigenvalue weighted by molar-refractivity contribution is 5.36. The van der Waals surface area contributed by atoms with E-state index in [-0.39, 0.29) is 18.3 Å². The summed E-state index contributed by atoms with van der Waals surface area (Å²) in [6, 6.07) is 5.95. The lowest BCUT2D eigenvalue weighted by molar-refractivity contribution is -0.275. The van der Waals surface area contributed by atoms with Gasteiger partial charge < -0.3 is 15.4 Å². The second-order valence-corrected chi connectivity index (χ2v) is 5.18. The first kappa shape index (κ1) is 16.1. The molecule has 0 spiro atoms. The van der Waals surface area contributed by atoms with Gasteiger partial charge >= 0.3 is 6.36 Å². The molecule has 0 bridgehead atoms. The van der Waals surface area contributed by atoms with Crippen LogP contribution in [0.5, 0.6) is 5.75 Å². The largest absolute Gasteiger partial charge is 0.573 e. The molecule has 2 rings (SSSR count). The number of likely N-dealkylation sites (N-methyl/N-ethyl adjacent to an activating group) is 1. The Bertz CT molecular complexity index is 459. The van der Waals surface area contributed by atoms with Crippen molar-refractivity contribution in [2.75, 3.05) is 39.8 Å². The molecule has 0 saturated carbocycles. The SMILES string of the molecule is CN1CCN(C(CN)c2ccccc2OC(F)(F)F)CC1. The Morgan fingerprint density at radius 1 is 1.19 bits per heavy atom. The Labute approximate surface area is 122 Å². The smallest absolute Gasteiger partial charge is 0.405 e. The summed E-state index contributed by atoms with van der Waals surface area (Å²) in [5.41, 5.74) is 6.30. The van der Waals surface area contributed by atoms with E-state index in [0.717, 1.165) is 26.2 Å². The van der Waals surface area contributed by atoms with E-state index >= 15 is 0 Å². The molecule has 1 fully saturated rings. The average Bonchev–Trinajstić information content (AvgIpc) is 2.42. The molecule has 7 heteroatoms. The summed E-state index contributed by atoms with van der Waals surface area (Å²) in [6.45, 7) is 3.55. The molecule has 21 heavy (non-hydrogen) atoms. The molecule has 1 heterocycles. The molecule has 1 unspecified atom stereocenters. The molecule has 118 valence electrons. The van der Waals surface area contributed by atoms with Crippen molar-refractivity contribution in [3.63, 3.8) is 0 Å². The van der Waals surface area contributed by atoms with Crippen LogP contribution in [0.2, 0.25) is 0 Å². The van der Waals surface area contributed by atoms with Crippen LogP contribution in [0.3, 0.4) is 0 Å². The van der Waals surface area contributed by atoms with Gasteiger partial charge in [0.15, 0.2) is 0 Å². The monoisotopic (exact) mass is 303 g/mol. The van der Waals surface area contributed by atoms with Gasteiger partial charge in [0.2, 0.25) is 0 Å². The van der Waals surface area contributed by atoms with Crippen molar-refractivity contribution in [3.8, 4) is 5.75 Å². The molecule has 0 amide bonds. The summed E-state index contributed by atoms with van der Waals surface area (Å²) in [6.07, 6.45) is -4.70. The molecule has 2 N–H and O–H groups in total. The highest BCUT2D eigenvalue weighted by Gasteiger charge is 2.34. The van der Waals surface area contributed by atoms with Gasteiger partial charge in [0.05, 0.1) is 6.04 Å². The standard InChI is InChI=1S/C14H20F3N3O/c1-19-6-8-20(9-7-19)12(10-18)11-4-2-3-5-13(11)21-14(15,16)17/h2-5,12H,6-10,18H2,1H3. The van der Waals surface area contributed by atoms with Crippen LogP contribution in [0.1, 0.15) is 11.6 Å². The van der Waals surface area contributed by atoms with Crippen LogP contribution in [-0.4, -0.2) is 55.9 Å². The van der Waals surface area contributed by atoms with E-state index in [9.17, 15) is 13.2 Å². The number of benzene rings is 1. The fraction of sp³-hybridized carbons (Fsp3) is 0.571. The molecular weight excluding hydrogens is 283 g/mol. The topological polar surface area (TPSA) is 41.7 Å². The number of piperazine rings is 1. The van der Waals surface area contributed by atoms with Crippen molar-refractivity contribution < 1.29 is 17.9 Å². The van der Waals surface area contributed by atoms with Gasteiger partial charge in [0.25, 0.3) is 0 Å². The number of hydrogen-bond donors (Lipinski definition) is 1. The summed E-state index contributed by atoms with van der Waals surface area (Å²) in [4.78, 5) is 4.29. The molecule has 0 radical (unpaired) electrons. The average molecular weight is 303 g/mol. The summed E-state index contributed by atoms with van der Waals surface area (Å²) in [5.74, 6) is -0.167. The lowest BCUT2D eigenvalue weighted by Gasteiger charge is -2.38. The van der Waals surface area contributed by atoms with Crippen LogP contribution in [0.4, 0.5) is 13.2 Å². The Kier molecular flexibility index (Phi) is 5.08.